The van der Waals surface area contributed by atoms with E-state index in [2.05, 4.69) is 5.32 Å². The predicted molar refractivity (Wildman–Crippen MR) is 93.9 cm³/mol. The molecule has 1 aromatic rings. The van der Waals surface area contributed by atoms with Gasteiger partial charge in [-0.1, -0.05) is 29.8 Å². The van der Waals surface area contributed by atoms with E-state index in [1.165, 1.54) is 0 Å². The summed E-state index contributed by atoms with van der Waals surface area (Å²) in [6, 6.07) is 7.44. The molecule has 1 N–H and O–H groups in total. The number of benzene rings is 1. The average Bonchev–Trinajstić information content (AvgIpc) is 2.64. The zero-order valence-electron chi connectivity index (χ0n) is 13.8. The summed E-state index contributed by atoms with van der Waals surface area (Å²) in [6.45, 7) is 4.26. The van der Waals surface area contributed by atoms with Crippen molar-refractivity contribution in [2.24, 2.45) is 5.92 Å². The van der Waals surface area contributed by atoms with Gasteiger partial charge in [-0.3, -0.25) is 9.59 Å². The molecule has 0 spiro atoms. The van der Waals surface area contributed by atoms with Gasteiger partial charge in [0.1, 0.15) is 0 Å². The van der Waals surface area contributed by atoms with Gasteiger partial charge in [-0.05, 0) is 31.0 Å². The molecule has 3 rings (SSSR count). The van der Waals surface area contributed by atoms with E-state index in [0.29, 0.717) is 37.6 Å². The van der Waals surface area contributed by atoms with Crippen molar-refractivity contribution in [1.29, 1.82) is 0 Å². The van der Waals surface area contributed by atoms with Crippen molar-refractivity contribution in [2.75, 3.05) is 39.3 Å². The van der Waals surface area contributed by atoms with Crippen LogP contribution in [0, 0.1) is 5.92 Å². The van der Waals surface area contributed by atoms with Crippen LogP contribution < -0.4 is 5.32 Å². The Kier molecular flexibility index (Phi) is 5.74. The summed E-state index contributed by atoms with van der Waals surface area (Å²) in [7, 11) is 0. The third-order valence-electron chi connectivity index (χ3n) is 4.89. The number of hydrogen-bond donors (Lipinski definition) is 1. The minimum Gasteiger partial charge on any atom is -0.339 e. The first-order valence-corrected chi connectivity index (χ1v) is 9.03. The summed E-state index contributed by atoms with van der Waals surface area (Å²) in [6.07, 6.45) is 2.35. The first kappa shape index (κ1) is 17.2. The van der Waals surface area contributed by atoms with Crippen LogP contribution in [-0.4, -0.2) is 60.9 Å². The minimum absolute atomic E-state index is 0.0783. The maximum atomic E-state index is 12.5. The fraction of sp³-hybridized carbons (Fsp3) is 0.556. The van der Waals surface area contributed by atoms with Crippen LogP contribution in [-0.2, 0) is 16.0 Å². The fourth-order valence-corrected chi connectivity index (χ4v) is 3.62. The number of hydrogen-bond acceptors (Lipinski definition) is 3. The number of nitrogens with one attached hydrogen (secondary N) is 1. The monoisotopic (exact) mass is 349 g/mol. The first-order valence-electron chi connectivity index (χ1n) is 8.66. The number of halogens is 1. The molecular weight excluding hydrogens is 326 g/mol. The molecule has 2 heterocycles. The Balaban J connectivity index is 1.50. The topological polar surface area (TPSA) is 52.7 Å². The highest BCUT2D eigenvalue weighted by Gasteiger charge is 2.29. The summed E-state index contributed by atoms with van der Waals surface area (Å²) in [5, 5.41) is 3.92. The number of piperazine rings is 1. The standard InChI is InChI=1S/C18H24ClN3O2/c19-16-6-2-1-4-14(16)12-17(23)21-8-10-22(11-9-21)18(24)15-5-3-7-20-13-15/h1-2,4,6,15,20H,3,5,7-13H2. The molecule has 0 bridgehead atoms. The second-order valence-electron chi connectivity index (χ2n) is 6.52. The Hall–Kier alpha value is -1.59. The van der Waals surface area contributed by atoms with Gasteiger partial charge >= 0.3 is 0 Å². The van der Waals surface area contributed by atoms with Gasteiger partial charge in [0.05, 0.1) is 12.3 Å². The van der Waals surface area contributed by atoms with Crippen molar-refractivity contribution in [3.8, 4) is 0 Å². The van der Waals surface area contributed by atoms with Crippen molar-refractivity contribution >= 4 is 23.4 Å². The van der Waals surface area contributed by atoms with Gasteiger partial charge in [-0.25, -0.2) is 0 Å². The molecule has 2 amide bonds. The van der Waals surface area contributed by atoms with Gasteiger partial charge in [0.15, 0.2) is 0 Å². The molecule has 0 aliphatic carbocycles. The number of piperidine rings is 1. The molecule has 5 nitrogen and oxygen atoms in total. The third kappa shape index (κ3) is 4.08. The molecule has 1 aromatic carbocycles. The zero-order valence-corrected chi connectivity index (χ0v) is 14.6. The third-order valence-corrected chi connectivity index (χ3v) is 5.26. The molecule has 0 aromatic heterocycles. The Morgan fingerprint density at radius 3 is 2.50 bits per heavy atom. The maximum absolute atomic E-state index is 12.5. The lowest BCUT2D eigenvalue weighted by Gasteiger charge is -2.37. The largest absolute Gasteiger partial charge is 0.339 e. The van der Waals surface area contributed by atoms with E-state index in [1.54, 1.807) is 6.07 Å². The molecule has 0 saturated carbocycles. The molecule has 6 heteroatoms. The minimum atomic E-state index is 0.0783. The fourth-order valence-electron chi connectivity index (χ4n) is 3.41. The van der Waals surface area contributed by atoms with Crippen LogP contribution in [0.15, 0.2) is 24.3 Å². The smallest absolute Gasteiger partial charge is 0.227 e. The first-order chi connectivity index (χ1) is 11.6. The van der Waals surface area contributed by atoms with Crippen LogP contribution in [0.5, 0.6) is 0 Å². The van der Waals surface area contributed by atoms with E-state index >= 15 is 0 Å². The molecule has 2 saturated heterocycles. The normalized spacial score (nSPS) is 21.6. The Morgan fingerprint density at radius 1 is 1.12 bits per heavy atom. The van der Waals surface area contributed by atoms with Crippen LogP contribution in [0.2, 0.25) is 5.02 Å². The predicted octanol–water partition coefficient (Wildman–Crippen LogP) is 1.55. The highest BCUT2D eigenvalue weighted by Crippen LogP contribution is 2.18. The zero-order chi connectivity index (χ0) is 16.9. The summed E-state index contributed by atoms with van der Waals surface area (Å²) in [5.41, 5.74) is 0.857. The molecular formula is C18H24ClN3O2. The number of amides is 2. The van der Waals surface area contributed by atoms with E-state index in [9.17, 15) is 9.59 Å². The van der Waals surface area contributed by atoms with Gasteiger partial charge in [-0.15, -0.1) is 0 Å². The summed E-state index contributed by atoms with van der Waals surface area (Å²) < 4.78 is 0. The summed E-state index contributed by atoms with van der Waals surface area (Å²) in [4.78, 5) is 28.7. The molecule has 24 heavy (non-hydrogen) atoms. The molecule has 2 fully saturated rings. The van der Waals surface area contributed by atoms with Gasteiger partial charge in [0.2, 0.25) is 11.8 Å². The molecule has 130 valence electrons. The summed E-state index contributed by atoms with van der Waals surface area (Å²) >= 11 is 6.13. The Bertz CT molecular complexity index is 594. The number of carbonyl (C=O) groups is 2. The van der Waals surface area contributed by atoms with Crippen molar-refractivity contribution in [3.05, 3.63) is 34.9 Å². The number of nitrogens with zero attached hydrogens (tertiary/aromatic N) is 2. The van der Waals surface area contributed by atoms with Crippen LogP contribution in [0.1, 0.15) is 18.4 Å². The van der Waals surface area contributed by atoms with E-state index in [1.807, 2.05) is 28.0 Å². The second-order valence-corrected chi connectivity index (χ2v) is 6.92. The SMILES string of the molecule is O=C(Cc1ccccc1Cl)N1CCN(C(=O)C2CCCNC2)CC1. The Labute approximate surface area is 147 Å². The lowest BCUT2D eigenvalue weighted by Crippen LogP contribution is -2.53. The molecule has 1 atom stereocenters. The van der Waals surface area contributed by atoms with Gasteiger partial charge in [-0.2, -0.15) is 0 Å². The van der Waals surface area contributed by atoms with E-state index in [0.717, 1.165) is 31.5 Å². The van der Waals surface area contributed by atoms with Crippen LogP contribution in [0.3, 0.4) is 0 Å². The highest BCUT2D eigenvalue weighted by atomic mass is 35.5. The average molecular weight is 350 g/mol. The molecule has 2 aliphatic heterocycles. The number of carbonyl (C=O) groups excluding carboxylic acids is 2. The summed E-state index contributed by atoms with van der Waals surface area (Å²) in [5.74, 6) is 0.416. The van der Waals surface area contributed by atoms with Crippen LogP contribution in [0.25, 0.3) is 0 Å². The van der Waals surface area contributed by atoms with E-state index < -0.39 is 0 Å². The number of rotatable bonds is 3. The molecule has 2 aliphatic rings. The van der Waals surface area contributed by atoms with Gasteiger partial charge in [0.25, 0.3) is 0 Å². The molecule has 0 radical (unpaired) electrons. The van der Waals surface area contributed by atoms with Crippen LogP contribution >= 0.6 is 11.6 Å². The van der Waals surface area contributed by atoms with Crippen molar-refractivity contribution in [2.45, 2.75) is 19.3 Å². The van der Waals surface area contributed by atoms with Gasteiger partial charge < -0.3 is 15.1 Å². The quantitative estimate of drug-likeness (QED) is 0.901. The van der Waals surface area contributed by atoms with Gasteiger partial charge in [0, 0.05) is 37.7 Å². The second kappa shape index (κ2) is 7.99. The van der Waals surface area contributed by atoms with E-state index in [-0.39, 0.29) is 17.7 Å². The highest BCUT2D eigenvalue weighted by molar-refractivity contribution is 6.31. The van der Waals surface area contributed by atoms with Crippen molar-refractivity contribution < 1.29 is 9.59 Å². The van der Waals surface area contributed by atoms with Crippen molar-refractivity contribution in [3.63, 3.8) is 0 Å². The molecule has 1 unspecified atom stereocenters. The van der Waals surface area contributed by atoms with Crippen molar-refractivity contribution in [1.82, 2.24) is 15.1 Å². The lowest BCUT2D eigenvalue weighted by atomic mass is 9.98. The maximum Gasteiger partial charge on any atom is 0.227 e. The Morgan fingerprint density at radius 2 is 1.83 bits per heavy atom. The van der Waals surface area contributed by atoms with Crippen LogP contribution in [0.4, 0.5) is 0 Å². The van der Waals surface area contributed by atoms with E-state index in [4.69, 9.17) is 11.6 Å². The lowest BCUT2D eigenvalue weighted by molar-refractivity contribution is -0.142.